The summed E-state index contributed by atoms with van der Waals surface area (Å²) in [6, 6.07) is 3.08. The summed E-state index contributed by atoms with van der Waals surface area (Å²) < 4.78 is 0. The Balaban J connectivity index is 3.23. The van der Waals surface area contributed by atoms with Crippen molar-refractivity contribution in [1.29, 1.82) is 0 Å². The maximum Gasteiger partial charge on any atom is 0.342 e. The van der Waals surface area contributed by atoms with Gasteiger partial charge in [0.1, 0.15) is 11.7 Å². The number of nitro benzene ring substituents is 1. The molecule has 0 saturated heterocycles. The Morgan fingerprint density at radius 2 is 2.06 bits per heavy atom. The van der Waals surface area contributed by atoms with Crippen LogP contribution in [0.2, 0.25) is 0 Å². The Kier molecular flexibility index (Phi) is 4.60. The highest BCUT2D eigenvalue weighted by Crippen LogP contribution is 2.25. The smallest absolute Gasteiger partial charge is 0.342 e. The summed E-state index contributed by atoms with van der Waals surface area (Å²) in [5.41, 5.74) is -1.09. The van der Waals surface area contributed by atoms with Gasteiger partial charge in [-0.25, -0.2) is 4.79 Å². The first-order valence-corrected chi connectivity index (χ1v) is 5.35. The number of aliphatic hydroxyl groups is 2. The van der Waals surface area contributed by atoms with Crippen LogP contribution in [-0.4, -0.2) is 38.2 Å². The van der Waals surface area contributed by atoms with Gasteiger partial charge in [-0.2, -0.15) is 0 Å². The summed E-state index contributed by atoms with van der Waals surface area (Å²) in [5.74, 6) is -1.74. The number of nitrogens with zero attached hydrogens (tertiary/aromatic N) is 1. The fourth-order valence-electron chi connectivity index (χ4n) is 1.37. The molecule has 0 bridgehead atoms. The summed E-state index contributed by atoms with van der Waals surface area (Å²) in [5, 5.41) is 38.4. The van der Waals surface area contributed by atoms with E-state index >= 15 is 0 Å². The molecule has 0 radical (unpaired) electrons. The van der Waals surface area contributed by atoms with Gasteiger partial charge in [0.05, 0.1) is 16.9 Å². The van der Waals surface area contributed by atoms with E-state index in [0.717, 1.165) is 12.1 Å². The SMILES string of the molecule is O=C(O)c1cc(C(O)C(O)CCl)ccc1[N+](=O)[O-]. The fourth-order valence-corrected chi connectivity index (χ4v) is 1.54. The molecule has 0 aliphatic carbocycles. The van der Waals surface area contributed by atoms with E-state index in [9.17, 15) is 25.1 Å². The highest BCUT2D eigenvalue weighted by atomic mass is 35.5. The van der Waals surface area contributed by atoms with Gasteiger partial charge >= 0.3 is 5.97 Å². The lowest BCUT2D eigenvalue weighted by Crippen LogP contribution is -2.20. The van der Waals surface area contributed by atoms with Crippen LogP contribution >= 0.6 is 11.6 Å². The molecule has 1 rings (SSSR count). The number of alkyl halides is 1. The number of aliphatic hydroxyl groups excluding tert-OH is 2. The average Bonchev–Trinajstić information content (AvgIpc) is 2.35. The summed E-state index contributed by atoms with van der Waals surface area (Å²) >= 11 is 5.35. The van der Waals surface area contributed by atoms with Crippen molar-refractivity contribution in [3.05, 3.63) is 39.4 Å². The molecule has 0 amide bonds. The van der Waals surface area contributed by atoms with Gasteiger partial charge < -0.3 is 15.3 Å². The molecule has 1 aromatic rings. The van der Waals surface area contributed by atoms with Gasteiger partial charge in [0, 0.05) is 6.07 Å². The molecule has 0 spiro atoms. The van der Waals surface area contributed by atoms with E-state index in [1.807, 2.05) is 0 Å². The lowest BCUT2D eigenvalue weighted by molar-refractivity contribution is -0.385. The van der Waals surface area contributed by atoms with Gasteiger partial charge in [0.25, 0.3) is 5.69 Å². The number of rotatable bonds is 5. The van der Waals surface area contributed by atoms with E-state index in [0.29, 0.717) is 0 Å². The summed E-state index contributed by atoms with van der Waals surface area (Å²) in [6.07, 6.45) is -2.68. The van der Waals surface area contributed by atoms with Crippen LogP contribution in [0.5, 0.6) is 0 Å². The van der Waals surface area contributed by atoms with Gasteiger partial charge in [-0.3, -0.25) is 10.1 Å². The Bertz CT molecular complexity index is 477. The van der Waals surface area contributed by atoms with Gasteiger partial charge in [-0.05, 0) is 17.7 Å². The minimum atomic E-state index is -1.49. The van der Waals surface area contributed by atoms with E-state index in [-0.39, 0.29) is 11.4 Å². The summed E-state index contributed by atoms with van der Waals surface area (Å²) in [6.45, 7) is 0. The van der Waals surface area contributed by atoms with Crippen molar-refractivity contribution in [2.45, 2.75) is 12.2 Å². The number of hydrogen-bond acceptors (Lipinski definition) is 5. The van der Waals surface area contributed by atoms with Crippen LogP contribution in [0.25, 0.3) is 0 Å². The molecule has 0 aliphatic rings. The fraction of sp³-hybridized carbons (Fsp3) is 0.300. The van der Waals surface area contributed by atoms with Gasteiger partial charge in [0.15, 0.2) is 0 Å². The van der Waals surface area contributed by atoms with E-state index in [1.165, 1.54) is 6.07 Å². The average molecular weight is 276 g/mol. The van der Waals surface area contributed by atoms with E-state index in [1.54, 1.807) is 0 Å². The molecule has 0 fully saturated rings. The molecule has 2 atom stereocenters. The van der Waals surface area contributed by atoms with Crippen LogP contribution in [0.4, 0.5) is 5.69 Å². The Morgan fingerprint density at radius 3 is 2.50 bits per heavy atom. The van der Waals surface area contributed by atoms with Gasteiger partial charge in [-0.15, -0.1) is 11.6 Å². The monoisotopic (exact) mass is 275 g/mol. The molecule has 0 aromatic heterocycles. The van der Waals surface area contributed by atoms with Crippen molar-refractivity contribution in [2.75, 3.05) is 5.88 Å². The number of nitro groups is 1. The Labute approximate surface area is 106 Å². The Morgan fingerprint density at radius 1 is 1.44 bits per heavy atom. The number of carboxylic acid groups (broad SMARTS) is 1. The third kappa shape index (κ3) is 2.95. The van der Waals surface area contributed by atoms with Crippen molar-refractivity contribution in [2.24, 2.45) is 0 Å². The predicted octanol–water partition coefficient (Wildman–Crippen LogP) is 0.926. The highest BCUT2D eigenvalue weighted by molar-refractivity contribution is 6.18. The lowest BCUT2D eigenvalue weighted by atomic mass is 10.0. The van der Waals surface area contributed by atoms with E-state index < -0.39 is 34.4 Å². The van der Waals surface area contributed by atoms with Crippen LogP contribution in [0.15, 0.2) is 18.2 Å². The highest BCUT2D eigenvalue weighted by Gasteiger charge is 2.24. The summed E-state index contributed by atoms with van der Waals surface area (Å²) in [7, 11) is 0. The molecule has 0 aliphatic heterocycles. The van der Waals surface area contributed by atoms with Crippen LogP contribution < -0.4 is 0 Å². The molecule has 0 heterocycles. The van der Waals surface area contributed by atoms with Crippen molar-refractivity contribution < 1.29 is 25.0 Å². The topological polar surface area (TPSA) is 121 Å². The van der Waals surface area contributed by atoms with Crippen LogP contribution in [0.1, 0.15) is 22.0 Å². The predicted molar refractivity (Wildman–Crippen MR) is 61.7 cm³/mol. The normalized spacial score (nSPS) is 13.9. The number of carbonyl (C=O) groups is 1. The lowest BCUT2D eigenvalue weighted by Gasteiger charge is -2.15. The van der Waals surface area contributed by atoms with Crippen molar-refractivity contribution in [3.63, 3.8) is 0 Å². The molecular weight excluding hydrogens is 266 g/mol. The number of hydrogen-bond donors (Lipinski definition) is 3. The number of carboxylic acids is 1. The second kappa shape index (κ2) is 5.76. The Hall–Kier alpha value is -1.70. The van der Waals surface area contributed by atoms with E-state index in [2.05, 4.69) is 0 Å². The first kappa shape index (κ1) is 14.4. The first-order valence-electron chi connectivity index (χ1n) is 4.82. The van der Waals surface area contributed by atoms with Crippen molar-refractivity contribution in [1.82, 2.24) is 0 Å². The maximum absolute atomic E-state index is 10.9. The largest absolute Gasteiger partial charge is 0.477 e. The molecule has 2 unspecified atom stereocenters. The third-order valence-corrected chi connectivity index (χ3v) is 2.63. The molecule has 3 N–H and O–H groups in total. The maximum atomic E-state index is 10.9. The number of aromatic carboxylic acids is 1. The third-order valence-electron chi connectivity index (χ3n) is 2.31. The summed E-state index contributed by atoms with van der Waals surface area (Å²) in [4.78, 5) is 20.6. The first-order chi connectivity index (χ1) is 8.38. The zero-order valence-electron chi connectivity index (χ0n) is 8.99. The van der Waals surface area contributed by atoms with Crippen molar-refractivity contribution >= 4 is 23.3 Å². The second-order valence-corrected chi connectivity index (χ2v) is 3.81. The van der Waals surface area contributed by atoms with Gasteiger partial charge in [0.2, 0.25) is 0 Å². The minimum Gasteiger partial charge on any atom is -0.477 e. The molecular formula is C10H10ClNO6. The molecule has 0 saturated carbocycles. The van der Waals surface area contributed by atoms with Crippen molar-refractivity contribution in [3.8, 4) is 0 Å². The van der Waals surface area contributed by atoms with Crippen LogP contribution in [-0.2, 0) is 0 Å². The number of halogens is 1. The molecule has 98 valence electrons. The molecule has 18 heavy (non-hydrogen) atoms. The number of benzene rings is 1. The quantitative estimate of drug-likeness (QED) is 0.417. The second-order valence-electron chi connectivity index (χ2n) is 3.51. The van der Waals surface area contributed by atoms with Gasteiger partial charge in [-0.1, -0.05) is 0 Å². The zero-order chi connectivity index (χ0) is 13.9. The molecule has 1 aromatic carbocycles. The molecule has 8 heteroatoms. The van der Waals surface area contributed by atoms with Crippen LogP contribution in [0.3, 0.4) is 0 Å². The molecule has 7 nitrogen and oxygen atoms in total. The minimum absolute atomic E-state index is 0.0474. The standard InChI is InChI=1S/C10H10ClNO6/c11-4-8(13)9(14)5-1-2-7(12(17)18)6(3-5)10(15)16/h1-3,8-9,13-14H,4H2,(H,15,16). The van der Waals surface area contributed by atoms with Crippen LogP contribution in [0, 0.1) is 10.1 Å². The zero-order valence-corrected chi connectivity index (χ0v) is 9.74. The van der Waals surface area contributed by atoms with E-state index in [4.69, 9.17) is 16.7 Å².